The largest absolute Gasteiger partial charge is 0.308 e. The molecule has 1 aliphatic heterocycles. The van der Waals surface area contributed by atoms with Gasteiger partial charge in [-0.2, -0.15) is 0 Å². The van der Waals surface area contributed by atoms with E-state index in [0.29, 0.717) is 6.54 Å². The number of benzene rings is 2. The molecular weight excluding hydrogens is 389 g/mol. The molecule has 1 heterocycles. The number of rotatable bonds is 5. The van der Waals surface area contributed by atoms with Crippen LogP contribution in [0.5, 0.6) is 0 Å². The summed E-state index contributed by atoms with van der Waals surface area (Å²) < 4.78 is 64.0. The van der Waals surface area contributed by atoms with E-state index in [1.165, 1.54) is 13.0 Å². The number of halogens is 1. The Kier molecular flexibility index (Phi) is 5.42. The smallest absolute Gasteiger partial charge is 0.184 e. The Morgan fingerprint density at radius 3 is 2.44 bits per heavy atom. The molecule has 0 amide bonds. The molecule has 1 fully saturated rings. The van der Waals surface area contributed by atoms with Gasteiger partial charge >= 0.3 is 0 Å². The van der Waals surface area contributed by atoms with E-state index in [1.807, 2.05) is 31.2 Å². The number of aryl methyl sites for hydroxylation is 2. The molecule has 1 aliphatic rings. The van der Waals surface area contributed by atoms with Crippen LogP contribution in [0.2, 0.25) is 0 Å². The van der Waals surface area contributed by atoms with Gasteiger partial charge in [0.1, 0.15) is 5.82 Å². The highest BCUT2D eigenvalue weighted by molar-refractivity contribution is 7.96. The Morgan fingerprint density at radius 1 is 1.07 bits per heavy atom. The maximum absolute atomic E-state index is 13.4. The van der Waals surface area contributed by atoms with E-state index in [2.05, 4.69) is 5.32 Å². The molecule has 0 radical (unpaired) electrons. The average molecular weight is 412 g/mol. The average Bonchev–Trinajstić information content (AvgIpc) is 2.89. The van der Waals surface area contributed by atoms with Crippen molar-refractivity contribution in [1.82, 2.24) is 5.32 Å². The molecule has 0 bridgehead atoms. The zero-order chi connectivity index (χ0) is 19.8. The first-order valence-electron chi connectivity index (χ1n) is 8.58. The highest BCUT2D eigenvalue weighted by Crippen LogP contribution is 2.28. The first kappa shape index (κ1) is 20.0. The lowest BCUT2D eigenvalue weighted by molar-refractivity contribution is 0.525. The second-order valence-corrected chi connectivity index (χ2v) is 11.3. The van der Waals surface area contributed by atoms with Crippen molar-refractivity contribution in [3.63, 3.8) is 0 Å². The third kappa shape index (κ3) is 4.23. The molecule has 2 aromatic rings. The van der Waals surface area contributed by atoms with Gasteiger partial charge in [0.15, 0.2) is 19.7 Å². The van der Waals surface area contributed by atoms with Gasteiger partial charge in [-0.15, -0.1) is 0 Å². The summed E-state index contributed by atoms with van der Waals surface area (Å²) in [5.41, 5.74) is 2.30. The van der Waals surface area contributed by atoms with Gasteiger partial charge in [-0.05, 0) is 48.7 Å². The predicted molar refractivity (Wildman–Crippen MR) is 103 cm³/mol. The summed E-state index contributed by atoms with van der Waals surface area (Å²) in [6.45, 7) is 3.83. The maximum atomic E-state index is 13.4. The fraction of sp³-hybridized carbons (Fsp3) is 0.368. The van der Waals surface area contributed by atoms with Gasteiger partial charge in [-0.25, -0.2) is 21.2 Å². The van der Waals surface area contributed by atoms with Crippen LogP contribution < -0.4 is 5.32 Å². The van der Waals surface area contributed by atoms with Crippen LogP contribution in [-0.2, 0) is 26.2 Å². The third-order valence-corrected chi connectivity index (χ3v) is 9.27. The summed E-state index contributed by atoms with van der Waals surface area (Å²) in [7, 11) is -7.42. The fourth-order valence-electron chi connectivity index (χ4n) is 3.46. The molecule has 27 heavy (non-hydrogen) atoms. The minimum absolute atomic E-state index is 0.0197. The molecule has 3 rings (SSSR count). The van der Waals surface area contributed by atoms with Gasteiger partial charge in [0.25, 0.3) is 0 Å². The molecule has 0 aliphatic carbocycles. The second-order valence-electron chi connectivity index (χ2n) is 6.98. The molecule has 2 atom stereocenters. The highest BCUT2D eigenvalue weighted by atomic mass is 32.2. The highest BCUT2D eigenvalue weighted by Gasteiger charge is 2.46. The zero-order valence-electron chi connectivity index (χ0n) is 15.1. The van der Waals surface area contributed by atoms with Crippen LogP contribution in [0.25, 0.3) is 0 Å². The van der Waals surface area contributed by atoms with Crippen LogP contribution in [0, 0.1) is 19.7 Å². The summed E-state index contributed by atoms with van der Waals surface area (Å²) in [6, 6.07) is 10.4. The van der Waals surface area contributed by atoms with E-state index in [-0.39, 0.29) is 16.2 Å². The molecule has 8 heteroatoms. The fourth-order valence-corrected chi connectivity index (χ4v) is 8.40. The molecule has 146 valence electrons. The van der Waals surface area contributed by atoms with Gasteiger partial charge < -0.3 is 5.32 Å². The molecule has 1 saturated heterocycles. The van der Waals surface area contributed by atoms with E-state index >= 15 is 0 Å². The Labute approximate surface area is 159 Å². The molecule has 0 saturated carbocycles. The first-order chi connectivity index (χ1) is 12.6. The standard InChI is InChI=1S/C19H22FNO4S2/c1-13-5-3-4-6-15(13)10-21-17-11-26(22,23)12-19(17)27(24,25)18-8-7-16(20)9-14(18)2/h3-9,17,19,21H,10-12H2,1-2H3/t17-,19-/m0/s1. The van der Waals surface area contributed by atoms with Crippen LogP contribution in [0.15, 0.2) is 47.4 Å². The van der Waals surface area contributed by atoms with Crippen molar-refractivity contribution in [2.75, 3.05) is 11.5 Å². The molecule has 0 aromatic heterocycles. The van der Waals surface area contributed by atoms with Gasteiger partial charge in [0, 0.05) is 12.6 Å². The lowest BCUT2D eigenvalue weighted by Gasteiger charge is -2.21. The topological polar surface area (TPSA) is 80.3 Å². The predicted octanol–water partition coefficient (Wildman–Crippen LogP) is 2.17. The maximum Gasteiger partial charge on any atom is 0.184 e. The van der Waals surface area contributed by atoms with Crippen molar-refractivity contribution in [3.05, 3.63) is 65.0 Å². The SMILES string of the molecule is Cc1ccccc1CN[C@H]1CS(=O)(=O)C[C@@H]1S(=O)(=O)c1ccc(F)cc1C. The quantitative estimate of drug-likeness (QED) is 0.763. The van der Waals surface area contributed by atoms with Gasteiger partial charge in [0.05, 0.1) is 21.7 Å². The van der Waals surface area contributed by atoms with Crippen LogP contribution in [0.3, 0.4) is 0 Å². The van der Waals surface area contributed by atoms with E-state index in [9.17, 15) is 21.2 Å². The second kappa shape index (κ2) is 7.33. The van der Waals surface area contributed by atoms with Crippen molar-refractivity contribution < 1.29 is 21.2 Å². The van der Waals surface area contributed by atoms with Gasteiger partial charge in [-0.3, -0.25) is 0 Å². The zero-order valence-corrected chi connectivity index (χ0v) is 16.8. The van der Waals surface area contributed by atoms with E-state index in [0.717, 1.165) is 23.3 Å². The minimum Gasteiger partial charge on any atom is -0.308 e. The van der Waals surface area contributed by atoms with E-state index in [4.69, 9.17) is 0 Å². The van der Waals surface area contributed by atoms with Crippen molar-refractivity contribution in [2.45, 2.75) is 36.6 Å². The number of sulfone groups is 2. The van der Waals surface area contributed by atoms with Crippen molar-refractivity contribution >= 4 is 19.7 Å². The van der Waals surface area contributed by atoms with Crippen LogP contribution in [0.4, 0.5) is 4.39 Å². The van der Waals surface area contributed by atoms with Crippen LogP contribution in [-0.4, -0.2) is 39.6 Å². The lowest BCUT2D eigenvalue weighted by Crippen LogP contribution is -2.43. The summed E-state index contributed by atoms with van der Waals surface area (Å²) in [6.07, 6.45) is 0. The lowest BCUT2D eigenvalue weighted by atomic mass is 10.1. The minimum atomic E-state index is -3.93. The summed E-state index contributed by atoms with van der Waals surface area (Å²) in [4.78, 5) is -0.0197. The van der Waals surface area contributed by atoms with Gasteiger partial charge in [0.2, 0.25) is 0 Å². The van der Waals surface area contributed by atoms with Crippen LogP contribution >= 0.6 is 0 Å². The monoisotopic (exact) mass is 411 g/mol. The van der Waals surface area contributed by atoms with Crippen molar-refractivity contribution in [3.8, 4) is 0 Å². The molecule has 5 nitrogen and oxygen atoms in total. The Morgan fingerprint density at radius 2 is 1.78 bits per heavy atom. The van der Waals surface area contributed by atoms with E-state index < -0.39 is 42.5 Å². The summed E-state index contributed by atoms with van der Waals surface area (Å²) >= 11 is 0. The van der Waals surface area contributed by atoms with Gasteiger partial charge in [-0.1, -0.05) is 24.3 Å². The molecule has 1 N–H and O–H groups in total. The Hall–Kier alpha value is -1.77. The Balaban J connectivity index is 1.90. The Bertz CT molecular complexity index is 1060. The normalized spacial score (nSPS) is 22.0. The van der Waals surface area contributed by atoms with E-state index in [1.54, 1.807) is 0 Å². The number of hydrogen-bond donors (Lipinski definition) is 1. The first-order valence-corrected chi connectivity index (χ1v) is 12.0. The molecule has 0 spiro atoms. The number of nitrogens with one attached hydrogen (secondary N) is 1. The molecule has 0 unspecified atom stereocenters. The molecular formula is C19H22FNO4S2. The summed E-state index contributed by atoms with van der Waals surface area (Å²) in [5.74, 6) is -1.19. The summed E-state index contributed by atoms with van der Waals surface area (Å²) in [5, 5.41) is 2.02. The van der Waals surface area contributed by atoms with Crippen molar-refractivity contribution in [2.24, 2.45) is 0 Å². The third-order valence-electron chi connectivity index (χ3n) is 4.96. The number of hydrogen-bond acceptors (Lipinski definition) is 5. The van der Waals surface area contributed by atoms with Crippen molar-refractivity contribution in [1.29, 1.82) is 0 Å². The van der Waals surface area contributed by atoms with Crippen LogP contribution in [0.1, 0.15) is 16.7 Å². The molecule has 2 aromatic carbocycles.